The van der Waals surface area contributed by atoms with Crippen molar-refractivity contribution in [2.45, 2.75) is 13.3 Å². The van der Waals surface area contributed by atoms with Gasteiger partial charge in [-0.3, -0.25) is 19.1 Å². The molecule has 7 nitrogen and oxygen atoms in total. The Balaban J connectivity index is 1.35. The lowest BCUT2D eigenvalue weighted by Gasteiger charge is -2.12. The van der Waals surface area contributed by atoms with Crippen LogP contribution in [-0.2, 0) is 6.42 Å². The minimum Gasteiger partial charge on any atom is -0.481 e. The number of carbonyl (C=O) groups excluding carboxylic acids is 1. The van der Waals surface area contributed by atoms with Crippen LogP contribution in [0.15, 0.2) is 89.9 Å². The number of fused-ring (bicyclic) bond motifs is 1. The molecule has 0 saturated carbocycles. The number of ketones is 1. The van der Waals surface area contributed by atoms with Crippen LogP contribution < -0.4 is 15.0 Å². The molecule has 8 heteroatoms. The summed E-state index contributed by atoms with van der Waals surface area (Å²) in [5, 5.41) is 0. The Bertz CT molecular complexity index is 1660. The molecule has 0 aliphatic heterocycles. The van der Waals surface area contributed by atoms with Gasteiger partial charge in [0.25, 0.3) is 5.56 Å². The van der Waals surface area contributed by atoms with E-state index in [0.717, 1.165) is 5.56 Å². The van der Waals surface area contributed by atoms with Crippen molar-refractivity contribution in [2.24, 2.45) is 0 Å². The molecule has 3 aromatic heterocycles. The van der Waals surface area contributed by atoms with Gasteiger partial charge in [0.2, 0.25) is 5.88 Å². The van der Waals surface area contributed by atoms with Crippen LogP contribution >= 0.6 is 0 Å². The SMILES string of the molecule is COc1ccc2nccc(Oc3ccc(CC(=O)c4ccc(C)n(-c5ccc(F)cc5)c4=O)cc3)c2n1. The van der Waals surface area contributed by atoms with Crippen LogP contribution in [0.1, 0.15) is 21.6 Å². The van der Waals surface area contributed by atoms with Crippen molar-refractivity contribution in [1.82, 2.24) is 14.5 Å². The molecular weight excluding hydrogens is 473 g/mol. The minimum absolute atomic E-state index is 0.0406. The Hall–Kier alpha value is -4.85. The number of aromatic nitrogens is 3. The number of rotatable bonds is 7. The maximum Gasteiger partial charge on any atom is 0.266 e. The molecule has 2 aromatic carbocycles. The van der Waals surface area contributed by atoms with E-state index in [2.05, 4.69) is 9.97 Å². The molecule has 0 aliphatic carbocycles. The molecule has 5 aromatic rings. The van der Waals surface area contributed by atoms with E-state index in [1.54, 1.807) is 68.8 Å². The molecule has 0 saturated heterocycles. The number of nitrogens with zero attached hydrogens (tertiary/aromatic N) is 3. The van der Waals surface area contributed by atoms with Gasteiger partial charge in [-0.2, -0.15) is 0 Å². The van der Waals surface area contributed by atoms with Crippen molar-refractivity contribution in [3.63, 3.8) is 0 Å². The van der Waals surface area contributed by atoms with Crippen molar-refractivity contribution >= 4 is 16.8 Å². The summed E-state index contributed by atoms with van der Waals surface area (Å²) in [6, 6.07) is 21.1. The molecule has 184 valence electrons. The lowest BCUT2D eigenvalue weighted by atomic mass is 10.0. The van der Waals surface area contributed by atoms with Crippen LogP contribution in [0, 0.1) is 12.7 Å². The van der Waals surface area contributed by atoms with Gasteiger partial charge in [0.15, 0.2) is 11.5 Å². The summed E-state index contributed by atoms with van der Waals surface area (Å²) in [7, 11) is 1.54. The second kappa shape index (κ2) is 10.0. The van der Waals surface area contributed by atoms with Gasteiger partial charge in [0.05, 0.1) is 18.2 Å². The standard InChI is InChI=1S/C29H22FN3O4/c1-18-3-12-23(29(35)33(18)21-8-6-20(30)7-9-21)25(34)17-19-4-10-22(11-5-19)37-26-15-16-31-24-13-14-27(36-2)32-28(24)26/h3-16H,17H2,1-2H3. The molecule has 0 aliphatic rings. The second-order valence-electron chi connectivity index (χ2n) is 8.38. The molecule has 37 heavy (non-hydrogen) atoms. The smallest absolute Gasteiger partial charge is 0.266 e. The summed E-state index contributed by atoms with van der Waals surface area (Å²) in [4.78, 5) is 34.9. The first-order chi connectivity index (χ1) is 17.9. The van der Waals surface area contributed by atoms with E-state index >= 15 is 0 Å². The first-order valence-electron chi connectivity index (χ1n) is 11.5. The molecule has 0 amide bonds. The molecule has 0 atom stereocenters. The van der Waals surface area contributed by atoms with Crippen LogP contribution in [0.5, 0.6) is 17.4 Å². The van der Waals surface area contributed by atoms with Crippen LogP contribution in [0.4, 0.5) is 4.39 Å². The van der Waals surface area contributed by atoms with Gasteiger partial charge < -0.3 is 9.47 Å². The van der Waals surface area contributed by atoms with Crippen molar-refractivity contribution in [3.05, 3.63) is 118 Å². The highest BCUT2D eigenvalue weighted by molar-refractivity contribution is 5.97. The average molecular weight is 496 g/mol. The quantitative estimate of drug-likeness (QED) is 0.279. The topological polar surface area (TPSA) is 83.3 Å². The molecule has 0 radical (unpaired) electrons. The Labute approximate surface area is 211 Å². The number of hydrogen-bond donors (Lipinski definition) is 0. The highest BCUT2D eigenvalue weighted by Crippen LogP contribution is 2.29. The zero-order chi connectivity index (χ0) is 25.9. The van der Waals surface area contributed by atoms with Gasteiger partial charge in [-0.25, -0.2) is 9.37 Å². The van der Waals surface area contributed by atoms with Crippen LogP contribution in [0.2, 0.25) is 0 Å². The summed E-state index contributed by atoms with van der Waals surface area (Å²) in [6.07, 6.45) is 1.68. The number of methoxy groups -OCH3 is 1. The lowest BCUT2D eigenvalue weighted by molar-refractivity contribution is 0.0991. The fraction of sp³-hybridized carbons (Fsp3) is 0.103. The molecule has 5 rings (SSSR count). The highest BCUT2D eigenvalue weighted by Gasteiger charge is 2.16. The van der Waals surface area contributed by atoms with Gasteiger partial charge >= 0.3 is 0 Å². The lowest BCUT2D eigenvalue weighted by Crippen LogP contribution is -2.27. The van der Waals surface area contributed by atoms with Crippen molar-refractivity contribution in [2.75, 3.05) is 7.11 Å². The van der Waals surface area contributed by atoms with Gasteiger partial charge in [-0.05, 0) is 67.1 Å². The van der Waals surface area contributed by atoms with Crippen molar-refractivity contribution in [1.29, 1.82) is 0 Å². The van der Waals surface area contributed by atoms with Crippen LogP contribution in [0.25, 0.3) is 16.7 Å². The van der Waals surface area contributed by atoms with E-state index < -0.39 is 11.4 Å². The number of pyridine rings is 3. The van der Waals surface area contributed by atoms with Gasteiger partial charge in [0, 0.05) is 36.1 Å². The summed E-state index contributed by atoms with van der Waals surface area (Å²) in [5.41, 5.74) is 2.73. The fourth-order valence-electron chi connectivity index (χ4n) is 4.02. The number of carbonyl (C=O) groups is 1. The number of benzene rings is 2. The van der Waals surface area contributed by atoms with E-state index in [4.69, 9.17) is 9.47 Å². The second-order valence-corrected chi connectivity index (χ2v) is 8.38. The van der Waals surface area contributed by atoms with Gasteiger partial charge in [-0.15, -0.1) is 0 Å². The number of halogens is 1. The van der Waals surface area contributed by atoms with Crippen molar-refractivity contribution in [3.8, 4) is 23.1 Å². The normalized spacial score (nSPS) is 10.9. The Morgan fingerprint density at radius 3 is 2.43 bits per heavy atom. The predicted octanol–water partition coefficient (Wildman–Crippen LogP) is 5.45. The maximum atomic E-state index is 13.3. The predicted molar refractivity (Wildman–Crippen MR) is 137 cm³/mol. The van der Waals surface area contributed by atoms with E-state index in [0.29, 0.717) is 39.8 Å². The number of aryl methyl sites for hydroxylation is 1. The average Bonchev–Trinajstić information content (AvgIpc) is 2.91. The molecule has 0 N–H and O–H groups in total. The third-order valence-corrected chi connectivity index (χ3v) is 5.91. The van der Waals surface area contributed by atoms with Crippen molar-refractivity contribution < 1.29 is 18.7 Å². The molecule has 0 fully saturated rings. The van der Waals surface area contributed by atoms with Crippen LogP contribution in [0.3, 0.4) is 0 Å². The van der Waals surface area contributed by atoms with E-state index in [-0.39, 0.29) is 17.8 Å². The van der Waals surface area contributed by atoms with Crippen LogP contribution in [-0.4, -0.2) is 27.4 Å². The summed E-state index contributed by atoms with van der Waals surface area (Å²) in [6.45, 7) is 1.76. The molecule has 0 bridgehead atoms. The first kappa shape index (κ1) is 23.9. The summed E-state index contributed by atoms with van der Waals surface area (Å²) >= 11 is 0. The monoisotopic (exact) mass is 495 g/mol. The molecule has 3 heterocycles. The number of hydrogen-bond acceptors (Lipinski definition) is 6. The third kappa shape index (κ3) is 4.95. The van der Waals surface area contributed by atoms with Gasteiger partial charge in [0.1, 0.15) is 17.1 Å². The highest BCUT2D eigenvalue weighted by atomic mass is 19.1. The van der Waals surface area contributed by atoms with E-state index in [1.807, 2.05) is 0 Å². The summed E-state index contributed by atoms with van der Waals surface area (Å²) in [5.74, 6) is 0.818. The Kier molecular flexibility index (Phi) is 6.47. The zero-order valence-electron chi connectivity index (χ0n) is 20.1. The fourth-order valence-corrected chi connectivity index (χ4v) is 4.02. The van der Waals surface area contributed by atoms with E-state index in [9.17, 15) is 14.0 Å². The Morgan fingerprint density at radius 2 is 1.70 bits per heavy atom. The molecule has 0 unspecified atom stereocenters. The van der Waals surface area contributed by atoms with Gasteiger partial charge in [-0.1, -0.05) is 12.1 Å². The van der Waals surface area contributed by atoms with E-state index in [1.165, 1.54) is 34.9 Å². The molecule has 0 spiro atoms. The maximum absolute atomic E-state index is 13.3. The number of ether oxygens (including phenoxy) is 2. The summed E-state index contributed by atoms with van der Waals surface area (Å²) < 4.78 is 26.0. The zero-order valence-corrected chi connectivity index (χ0v) is 20.1. The number of Topliss-reactive ketones (excluding diaryl/α,β-unsaturated/α-hetero) is 1. The molecular formula is C29H22FN3O4. The first-order valence-corrected chi connectivity index (χ1v) is 11.5. The Morgan fingerprint density at radius 1 is 0.946 bits per heavy atom. The third-order valence-electron chi connectivity index (χ3n) is 5.91. The minimum atomic E-state index is -0.441. The largest absolute Gasteiger partial charge is 0.481 e.